The number of rotatable bonds is 7. The van der Waals surface area contributed by atoms with Crippen LogP contribution in [0.3, 0.4) is 0 Å². The van der Waals surface area contributed by atoms with Crippen LogP contribution in [0.4, 0.5) is 0 Å². The molecule has 0 unspecified atom stereocenters. The van der Waals surface area contributed by atoms with E-state index in [2.05, 4.69) is 34.2 Å². The molecule has 3 aromatic rings. The Morgan fingerprint density at radius 1 is 1.00 bits per heavy atom. The van der Waals surface area contributed by atoms with Crippen molar-refractivity contribution in [1.29, 1.82) is 0 Å². The van der Waals surface area contributed by atoms with Gasteiger partial charge in [-0.05, 0) is 73.6 Å². The van der Waals surface area contributed by atoms with Gasteiger partial charge < -0.3 is 10.2 Å². The Bertz CT molecular complexity index is 1540. The molecule has 9 nitrogen and oxygen atoms in total. The first-order valence-electron chi connectivity index (χ1n) is 14.9. The van der Waals surface area contributed by atoms with Crippen molar-refractivity contribution in [3.8, 4) is 11.1 Å². The third-order valence-corrected chi connectivity index (χ3v) is 9.74. The molecular formula is C32H40N6O3. The van der Waals surface area contributed by atoms with Gasteiger partial charge in [-0.25, -0.2) is 9.97 Å². The van der Waals surface area contributed by atoms with Crippen LogP contribution in [0.1, 0.15) is 87.6 Å². The van der Waals surface area contributed by atoms with Crippen LogP contribution in [-0.4, -0.2) is 60.9 Å². The van der Waals surface area contributed by atoms with Crippen molar-refractivity contribution < 1.29 is 14.4 Å². The number of fused-ring (bicyclic) bond motifs is 2. The van der Waals surface area contributed by atoms with E-state index in [-0.39, 0.29) is 41.0 Å². The minimum Gasteiger partial charge on any atom is -0.354 e. The standard InChI is InChI=1S/C32H40N6O3/c1-19-11-22(23-15-33-21(3)34-16-23)12-24-28(20(2)39)36-37(29(19)24)17-27(40)38-25(13-32(5)14-26(32)38)30(41)35-18-31(4)9-7-6-8-10-31/h11-12,15-16,25-26H,6-10,13-14,17-18H2,1-5H3,(H,35,41)/t25-,26+,32-/m0/s1. The first kappa shape index (κ1) is 27.5. The zero-order valence-corrected chi connectivity index (χ0v) is 24.8. The molecule has 3 aliphatic rings. The molecule has 2 amide bonds. The summed E-state index contributed by atoms with van der Waals surface area (Å²) in [4.78, 5) is 50.5. The second-order valence-corrected chi connectivity index (χ2v) is 13.3. The molecule has 2 aliphatic carbocycles. The Balaban J connectivity index is 1.26. The van der Waals surface area contributed by atoms with Gasteiger partial charge in [-0.3, -0.25) is 19.1 Å². The Morgan fingerprint density at radius 2 is 1.71 bits per heavy atom. The fourth-order valence-electron chi connectivity index (χ4n) is 7.18. The topological polar surface area (TPSA) is 110 Å². The number of nitrogens with one attached hydrogen (secondary N) is 1. The van der Waals surface area contributed by atoms with Crippen LogP contribution < -0.4 is 5.32 Å². The summed E-state index contributed by atoms with van der Waals surface area (Å²) in [7, 11) is 0. The Hall–Kier alpha value is -3.62. The lowest BCUT2D eigenvalue weighted by Crippen LogP contribution is -2.50. The minimum atomic E-state index is -0.471. The second kappa shape index (κ2) is 10.0. The van der Waals surface area contributed by atoms with Gasteiger partial charge in [0.05, 0.1) is 5.52 Å². The molecule has 41 heavy (non-hydrogen) atoms. The predicted octanol–water partition coefficient (Wildman–Crippen LogP) is 4.78. The van der Waals surface area contributed by atoms with E-state index in [1.165, 1.54) is 26.2 Å². The molecule has 0 bridgehead atoms. The summed E-state index contributed by atoms with van der Waals surface area (Å²) in [6, 6.07) is 3.54. The van der Waals surface area contributed by atoms with E-state index in [4.69, 9.17) is 0 Å². The van der Waals surface area contributed by atoms with E-state index < -0.39 is 6.04 Å². The van der Waals surface area contributed by atoms with Gasteiger partial charge in [0, 0.05) is 42.9 Å². The number of likely N-dealkylation sites (tertiary alicyclic amines) is 1. The fourth-order valence-corrected chi connectivity index (χ4v) is 7.18. The van der Waals surface area contributed by atoms with Gasteiger partial charge in [-0.15, -0.1) is 0 Å². The second-order valence-electron chi connectivity index (χ2n) is 13.3. The van der Waals surface area contributed by atoms with Crippen LogP contribution in [0.2, 0.25) is 0 Å². The van der Waals surface area contributed by atoms with Crippen LogP contribution in [0.5, 0.6) is 0 Å². The number of carbonyl (C=O) groups is 3. The smallest absolute Gasteiger partial charge is 0.245 e. The van der Waals surface area contributed by atoms with Crippen molar-refractivity contribution in [2.75, 3.05) is 6.54 Å². The van der Waals surface area contributed by atoms with Crippen molar-refractivity contribution in [3.05, 3.63) is 41.6 Å². The minimum absolute atomic E-state index is 0.00986. The molecule has 1 aliphatic heterocycles. The van der Waals surface area contributed by atoms with E-state index in [1.807, 2.05) is 30.9 Å². The lowest BCUT2D eigenvalue weighted by atomic mass is 9.75. The van der Waals surface area contributed by atoms with Crippen molar-refractivity contribution in [3.63, 3.8) is 0 Å². The van der Waals surface area contributed by atoms with Gasteiger partial charge in [-0.2, -0.15) is 5.10 Å². The number of hydrogen-bond acceptors (Lipinski definition) is 6. The van der Waals surface area contributed by atoms with Crippen LogP contribution in [0, 0.1) is 24.7 Å². The lowest BCUT2D eigenvalue weighted by Gasteiger charge is -2.35. The van der Waals surface area contributed by atoms with Gasteiger partial charge in [-0.1, -0.05) is 33.1 Å². The molecule has 3 heterocycles. The van der Waals surface area contributed by atoms with E-state index in [0.717, 1.165) is 41.5 Å². The molecule has 0 radical (unpaired) electrons. The molecule has 2 saturated carbocycles. The zero-order chi connectivity index (χ0) is 29.1. The molecule has 1 N–H and O–H groups in total. The van der Waals surface area contributed by atoms with E-state index in [1.54, 1.807) is 17.1 Å². The molecule has 216 valence electrons. The van der Waals surface area contributed by atoms with E-state index >= 15 is 0 Å². The van der Waals surface area contributed by atoms with Gasteiger partial charge in [0.25, 0.3) is 0 Å². The van der Waals surface area contributed by atoms with Crippen molar-refractivity contribution in [2.45, 2.75) is 98.2 Å². The number of benzene rings is 1. The number of carbonyl (C=O) groups excluding carboxylic acids is 3. The SMILES string of the molecule is CC(=O)c1nn(CC(=O)N2[C@H](C(=O)NCC3(C)CCCCC3)C[C@@]3(C)C[C@@H]23)c2c(C)cc(-c3cnc(C)nc3)cc12. The first-order valence-corrected chi connectivity index (χ1v) is 14.9. The van der Waals surface area contributed by atoms with Gasteiger partial charge >= 0.3 is 0 Å². The summed E-state index contributed by atoms with van der Waals surface area (Å²) in [6.45, 7) is 10.4. The van der Waals surface area contributed by atoms with Gasteiger partial charge in [0.15, 0.2) is 5.78 Å². The Kier molecular flexibility index (Phi) is 6.74. The van der Waals surface area contributed by atoms with Crippen LogP contribution in [0.25, 0.3) is 22.0 Å². The molecule has 2 aromatic heterocycles. The van der Waals surface area contributed by atoms with Crippen LogP contribution >= 0.6 is 0 Å². The number of aromatic nitrogens is 4. The maximum absolute atomic E-state index is 13.9. The summed E-state index contributed by atoms with van der Waals surface area (Å²) < 4.78 is 1.65. The summed E-state index contributed by atoms with van der Waals surface area (Å²) in [5.41, 5.74) is 3.84. The molecule has 1 saturated heterocycles. The van der Waals surface area contributed by atoms with E-state index in [0.29, 0.717) is 29.9 Å². The number of amides is 2. The molecular weight excluding hydrogens is 516 g/mol. The molecule has 1 aromatic carbocycles. The average Bonchev–Trinajstić information content (AvgIpc) is 3.29. The third-order valence-electron chi connectivity index (χ3n) is 9.74. The van der Waals surface area contributed by atoms with Gasteiger partial charge in [0.2, 0.25) is 11.8 Å². The largest absolute Gasteiger partial charge is 0.354 e. The normalized spacial score (nSPS) is 24.8. The quantitative estimate of drug-likeness (QED) is 0.420. The number of aryl methyl sites for hydroxylation is 2. The number of nitrogens with zero attached hydrogens (tertiary/aromatic N) is 5. The van der Waals surface area contributed by atoms with Gasteiger partial charge in [0.1, 0.15) is 24.1 Å². The van der Waals surface area contributed by atoms with Crippen molar-refractivity contribution in [2.24, 2.45) is 10.8 Å². The monoisotopic (exact) mass is 556 g/mol. The first-order chi connectivity index (χ1) is 19.5. The third kappa shape index (κ3) is 5.04. The number of piperidine rings is 1. The number of ketones is 1. The molecule has 9 heteroatoms. The lowest BCUT2D eigenvalue weighted by molar-refractivity contribution is -0.140. The van der Waals surface area contributed by atoms with E-state index in [9.17, 15) is 14.4 Å². The maximum Gasteiger partial charge on any atom is 0.245 e. The molecule has 3 fully saturated rings. The number of hydrogen-bond donors (Lipinski definition) is 1. The Labute approximate surface area is 241 Å². The number of Topliss-reactive ketones (excluding diaryl/α,β-unsaturated/α-hetero) is 1. The Morgan fingerprint density at radius 3 is 2.39 bits per heavy atom. The predicted molar refractivity (Wildman–Crippen MR) is 156 cm³/mol. The highest BCUT2D eigenvalue weighted by Gasteiger charge is 2.64. The molecule has 0 spiro atoms. The summed E-state index contributed by atoms with van der Waals surface area (Å²) in [5, 5.41) is 8.55. The van der Waals surface area contributed by atoms with Crippen molar-refractivity contribution >= 4 is 28.5 Å². The highest BCUT2D eigenvalue weighted by molar-refractivity contribution is 6.07. The highest BCUT2D eigenvalue weighted by atomic mass is 16.2. The highest BCUT2D eigenvalue weighted by Crippen LogP contribution is 2.59. The van der Waals surface area contributed by atoms with Crippen LogP contribution in [-0.2, 0) is 16.1 Å². The fraction of sp³-hybridized carbons (Fsp3) is 0.562. The van der Waals surface area contributed by atoms with Crippen LogP contribution in [0.15, 0.2) is 24.5 Å². The zero-order valence-electron chi connectivity index (χ0n) is 24.8. The summed E-state index contributed by atoms with van der Waals surface area (Å²) in [5.74, 6) is 0.345. The van der Waals surface area contributed by atoms with Crippen molar-refractivity contribution in [1.82, 2.24) is 30.0 Å². The maximum atomic E-state index is 13.9. The molecule has 6 rings (SSSR count). The summed E-state index contributed by atoms with van der Waals surface area (Å²) >= 11 is 0. The molecule has 3 atom stereocenters. The summed E-state index contributed by atoms with van der Waals surface area (Å²) in [6.07, 6.45) is 11.1. The average molecular weight is 557 g/mol.